The first-order chi connectivity index (χ1) is 12.0. The van der Waals surface area contributed by atoms with Gasteiger partial charge < -0.3 is 5.32 Å². The lowest BCUT2D eigenvalue weighted by Gasteiger charge is -2.21. The van der Waals surface area contributed by atoms with Gasteiger partial charge in [0.1, 0.15) is 5.82 Å². The Morgan fingerprint density at radius 2 is 1.88 bits per heavy atom. The summed E-state index contributed by atoms with van der Waals surface area (Å²) >= 11 is 0. The van der Waals surface area contributed by atoms with E-state index in [9.17, 15) is 9.18 Å². The zero-order chi connectivity index (χ0) is 17.9. The summed E-state index contributed by atoms with van der Waals surface area (Å²) in [5, 5.41) is 4.26. The molecule has 0 spiro atoms. The van der Waals surface area contributed by atoms with Crippen molar-refractivity contribution in [1.29, 1.82) is 0 Å². The zero-order valence-electron chi connectivity index (χ0n) is 14.2. The van der Waals surface area contributed by atoms with Crippen LogP contribution in [0, 0.1) is 5.82 Å². The molecular weight excluding hydrogens is 321 g/mol. The molecular formula is C19H20FN3O2. The summed E-state index contributed by atoms with van der Waals surface area (Å²) in [7, 11) is 1.65. The second-order valence-corrected chi connectivity index (χ2v) is 6.12. The van der Waals surface area contributed by atoms with Crippen LogP contribution in [0.25, 0.3) is 0 Å². The number of benzene rings is 2. The predicted molar refractivity (Wildman–Crippen MR) is 93.1 cm³/mol. The number of halogens is 1. The van der Waals surface area contributed by atoms with Crippen LogP contribution in [0.2, 0.25) is 0 Å². The van der Waals surface area contributed by atoms with Crippen molar-refractivity contribution in [1.82, 2.24) is 10.4 Å². The number of nitrogens with one attached hydrogen (secondary N) is 1. The van der Waals surface area contributed by atoms with E-state index in [1.807, 2.05) is 30.3 Å². The van der Waals surface area contributed by atoms with Gasteiger partial charge in [0.05, 0.1) is 12.0 Å². The first-order valence-corrected chi connectivity index (χ1v) is 8.05. The van der Waals surface area contributed by atoms with E-state index >= 15 is 0 Å². The van der Waals surface area contributed by atoms with Gasteiger partial charge in [-0.2, -0.15) is 0 Å². The Kier molecular flexibility index (Phi) is 4.81. The molecule has 2 aromatic carbocycles. The smallest absolute Gasteiger partial charge is 0.225 e. The predicted octanol–water partition coefficient (Wildman–Crippen LogP) is 2.87. The van der Waals surface area contributed by atoms with Crippen molar-refractivity contribution in [2.75, 3.05) is 7.05 Å². The minimum absolute atomic E-state index is 0.0438. The fourth-order valence-electron chi connectivity index (χ4n) is 2.75. The summed E-state index contributed by atoms with van der Waals surface area (Å²) in [4.78, 5) is 22.4. The van der Waals surface area contributed by atoms with Gasteiger partial charge in [0.25, 0.3) is 0 Å². The molecule has 1 aliphatic rings. The normalized spacial score (nSPS) is 19.6. The number of carbonyl (C=O) groups is 1. The zero-order valence-corrected chi connectivity index (χ0v) is 14.2. The van der Waals surface area contributed by atoms with Gasteiger partial charge in [-0.1, -0.05) is 42.5 Å². The number of amidine groups is 1. The topological polar surface area (TPSA) is 53.9 Å². The molecule has 0 radical (unpaired) electrons. The number of aliphatic imine (C=N–C) groups is 1. The van der Waals surface area contributed by atoms with Crippen LogP contribution in [0.1, 0.15) is 24.5 Å². The van der Waals surface area contributed by atoms with Crippen molar-refractivity contribution in [3.63, 3.8) is 0 Å². The molecule has 3 rings (SSSR count). The third-order valence-corrected chi connectivity index (χ3v) is 3.91. The highest BCUT2D eigenvalue weighted by atomic mass is 19.1. The molecule has 25 heavy (non-hydrogen) atoms. The van der Waals surface area contributed by atoms with Crippen LogP contribution in [0.5, 0.6) is 0 Å². The maximum atomic E-state index is 14.0. The first-order valence-electron chi connectivity index (χ1n) is 8.05. The van der Waals surface area contributed by atoms with Crippen LogP contribution in [0.15, 0.2) is 59.6 Å². The Bertz CT molecular complexity index is 794. The summed E-state index contributed by atoms with van der Waals surface area (Å²) in [5.41, 5.74) is 0.298. The van der Waals surface area contributed by atoms with E-state index < -0.39 is 5.72 Å². The van der Waals surface area contributed by atoms with Gasteiger partial charge in [0.2, 0.25) is 5.91 Å². The lowest BCUT2D eigenvalue weighted by atomic mass is 10.1. The molecule has 0 saturated carbocycles. The summed E-state index contributed by atoms with van der Waals surface area (Å²) in [6, 6.07) is 16.0. The summed E-state index contributed by atoms with van der Waals surface area (Å²) in [5.74, 6) is -0.191. The molecule has 1 amide bonds. The Hall–Kier alpha value is -2.73. The summed E-state index contributed by atoms with van der Waals surface area (Å²) < 4.78 is 14.0. The lowest BCUT2D eigenvalue weighted by molar-refractivity contribution is -0.166. The molecule has 2 aromatic rings. The Morgan fingerprint density at radius 3 is 2.60 bits per heavy atom. The molecule has 0 saturated heterocycles. The highest BCUT2D eigenvalue weighted by Gasteiger charge is 2.38. The Balaban J connectivity index is 1.67. The number of carbonyl (C=O) groups excluding carboxylic acids is 1. The van der Waals surface area contributed by atoms with Gasteiger partial charge in [-0.15, -0.1) is 0 Å². The van der Waals surface area contributed by atoms with Crippen molar-refractivity contribution < 1.29 is 14.0 Å². The number of hydrogen-bond acceptors (Lipinski definition) is 4. The molecule has 1 unspecified atom stereocenters. The maximum absolute atomic E-state index is 14.0. The highest BCUT2D eigenvalue weighted by molar-refractivity contribution is 5.99. The van der Waals surface area contributed by atoms with Gasteiger partial charge in [-0.3, -0.25) is 4.79 Å². The second kappa shape index (κ2) is 7.03. The van der Waals surface area contributed by atoms with Crippen molar-refractivity contribution in [3.8, 4) is 0 Å². The van der Waals surface area contributed by atoms with Crippen LogP contribution in [-0.2, 0) is 16.2 Å². The SMILES string of the molecule is CN1OC(C)(CC(=O)NCc2ccccc2)N=C1c1ccccc1F. The number of amides is 1. The molecule has 0 bridgehead atoms. The first kappa shape index (κ1) is 17.1. The molecule has 0 fully saturated rings. The molecule has 5 nitrogen and oxygen atoms in total. The van der Waals surface area contributed by atoms with Gasteiger partial charge in [-0.25, -0.2) is 19.3 Å². The van der Waals surface area contributed by atoms with Crippen LogP contribution in [-0.4, -0.2) is 29.6 Å². The average molecular weight is 341 g/mol. The van der Waals surface area contributed by atoms with E-state index in [1.165, 1.54) is 11.1 Å². The standard InChI is InChI=1S/C19H20FN3O2/c1-19(12-17(24)21-13-14-8-4-3-5-9-14)22-18(23(2)25-19)15-10-6-7-11-16(15)20/h3-11H,12-13H2,1-2H3,(H,21,24). The number of hydrogen-bond donors (Lipinski definition) is 1. The third kappa shape index (κ3) is 4.03. The molecule has 1 aliphatic heterocycles. The van der Waals surface area contributed by atoms with Gasteiger partial charge in [-0.05, 0) is 24.6 Å². The van der Waals surface area contributed by atoms with Crippen molar-refractivity contribution in [2.45, 2.75) is 25.6 Å². The van der Waals surface area contributed by atoms with Gasteiger partial charge in [0, 0.05) is 13.6 Å². The van der Waals surface area contributed by atoms with Gasteiger partial charge >= 0.3 is 0 Å². The molecule has 130 valence electrons. The molecule has 0 aliphatic carbocycles. The van der Waals surface area contributed by atoms with Crippen molar-refractivity contribution >= 4 is 11.7 Å². The number of hydroxylamine groups is 2. The van der Waals surface area contributed by atoms with E-state index in [0.717, 1.165) is 5.56 Å². The van der Waals surface area contributed by atoms with E-state index in [0.29, 0.717) is 17.9 Å². The third-order valence-electron chi connectivity index (χ3n) is 3.91. The highest BCUT2D eigenvalue weighted by Crippen LogP contribution is 2.28. The molecule has 6 heteroatoms. The molecule has 0 aromatic heterocycles. The number of rotatable bonds is 5. The van der Waals surface area contributed by atoms with E-state index in [-0.39, 0.29) is 18.1 Å². The fourth-order valence-corrected chi connectivity index (χ4v) is 2.75. The average Bonchev–Trinajstić information content (AvgIpc) is 2.88. The van der Waals surface area contributed by atoms with Crippen LogP contribution in [0.3, 0.4) is 0 Å². The Labute approximate surface area is 146 Å². The van der Waals surface area contributed by atoms with Crippen LogP contribution < -0.4 is 5.32 Å². The minimum Gasteiger partial charge on any atom is -0.352 e. The van der Waals surface area contributed by atoms with E-state index in [2.05, 4.69) is 10.3 Å². The van der Waals surface area contributed by atoms with Crippen LogP contribution in [0.4, 0.5) is 4.39 Å². The summed E-state index contributed by atoms with van der Waals surface area (Å²) in [6.45, 7) is 2.15. The minimum atomic E-state index is -1.06. The van der Waals surface area contributed by atoms with E-state index in [4.69, 9.17) is 4.84 Å². The fraction of sp³-hybridized carbons (Fsp3) is 0.263. The summed E-state index contributed by atoms with van der Waals surface area (Å²) in [6.07, 6.45) is 0.0438. The number of nitrogens with zero attached hydrogens (tertiary/aromatic N) is 2. The van der Waals surface area contributed by atoms with Crippen molar-refractivity contribution in [3.05, 3.63) is 71.5 Å². The van der Waals surface area contributed by atoms with Crippen LogP contribution >= 0.6 is 0 Å². The lowest BCUT2D eigenvalue weighted by Crippen LogP contribution is -2.35. The monoisotopic (exact) mass is 341 g/mol. The molecule has 1 N–H and O–H groups in total. The quantitative estimate of drug-likeness (QED) is 0.910. The van der Waals surface area contributed by atoms with Gasteiger partial charge in [0.15, 0.2) is 11.6 Å². The second-order valence-electron chi connectivity index (χ2n) is 6.12. The maximum Gasteiger partial charge on any atom is 0.225 e. The van der Waals surface area contributed by atoms with Crippen molar-refractivity contribution in [2.24, 2.45) is 4.99 Å². The largest absolute Gasteiger partial charge is 0.352 e. The van der Waals surface area contributed by atoms with E-state index in [1.54, 1.807) is 32.2 Å². The Morgan fingerprint density at radius 1 is 1.20 bits per heavy atom. The molecule has 1 atom stereocenters. The molecule has 1 heterocycles.